The standard InChI is InChI=1S/C15H19BrFN3/c1-3-6-18-14(10-15-19-7-8-20(15)2)12-9-11(17)4-5-13(12)16/h4-5,7-9,14,18H,3,6,10H2,1-2H3. The summed E-state index contributed by atoms with van der Waals surface area (Å²) < 4.78 is 16.4. The summed E-state index contributed by atoms with van der Waals surface area (Å²) in [5.41, 5.74) is 0.932. The van der Waals surface area contributed by atoms with Crippen molar-refractivity contribution in [1.82, 2.24) is 14.9 Å². The summed E-state index contributed by atoms with van der Waals surface area (Å²) in [6.07, 6.45) is 5.47. The highest BCUT2D eigenvalue weighted by molar-refractivity contribution is 9.10. The Morgan fingerprint density at radius 3 is 2.90 bits per heavy atom. The van der Waals surface area contributed by atoms with E-state index in [1.165, 1.54) is 6.07 Å². The fraction of sp³-hybridized carbons (Fsp3) is 0.400. The fourth-order valence-electron chi connectivity index (χ4n) is 2.17. The first-order chi connectivity index (χ1) is 9.61. The van der Waals surface area contributed by atoms with Crippen LogP contribution in [-0.2, 0) is 13.5 Å². The minimum atomic E-state index is -0.216. The summed E-state index contributed by atoms with van der Waals surface area (Å²) >= 11 is 3.51. The summed E-state index contributed by atoms with van der Waals surface area (Å²) in [6, 6.07) is 4.84. The number of nitrogens with zero attached hydrogens (tertiary/aromatic N) is 2. The van der Waals surface area contributed by atoms with E-state index >= 15 is 0 Å². The molecule has 2 aromatic rings. The van der Waals surface area contributed by atoms with Crippen LogP contribution in [-0.4, -0.2) is 16.1 Å². The maximum absolute atomic E-state index is 13.5. The molecule has 2 rings (SSSR count). The second-order valence-corrected chi connectivity index (χ2v) is 5.69. The molecular weight excluding hydrogens is 321 g/mol. The van der Waals surface area contributed by atoms with Crippen LogP contribution in [0.1, 0.15) is 30.8 Å². The fourth-order valence-corrected chi connectivity index (χ4v) is 2.69. The lowest BCUT2D eigenvalue weighted by molar-refractivity contribution is 0.506. The van der Waals surface area contributed by atoms with Gasteiger partial charge in [-0.25, -0.2) is 9.37 Å². The molecule has 5 heteroatoms. The summed E-state index contributed by atoms with van der Waals surface area (Å²) in [6.45, 7) is 3.00. The highest BCUT2D eigenvalue weighted by Gasteiger charge is 2.17. The van der Waals surface area contributed by atoms with Crippen LogP contribution in [0, 0.1) is 5.82 Å². The molecule has 0 bridgehead atoms. The first-order valence-electron chi connectivity index (χ1n) is 6.76. The van der Waals surface area contributed by atoms with Crippen molar-refractivity contribution in [2.75, 3.05) is 6.54 Å². The molecule has 0 amide bonds. The lowest BCUT2D eigenvalue weighted by atomic mass is 10.0. The predicted octanol–water partition coefficient (Wildman–Crippen LogP) is 3.61. The molecule has 0 radical (unpaired) electrons. The van der Waals surface area contributed by atoms with Crippen molar-refractivity contribution in [1.29, 1.82) is 0 Å². The number of imidazole rings is 1. The van der Waals surface area contributed by atoms with Crippen molar-refractivity contribution in [3.63, 3.8) is 0 Å². The molecule has 1 unspecified atom stereocenters. The zero-order valence-corrected chi connectivity index (χ0v) is 13.3. The quantitative estimate of drug-likeness (QED) is 0.871. The molecular formula is C15H19BrFN3. The van der Waals surface area contributed by atoms with Gasteiger partial charge in [0.15, 0.2) is 0 Å². The Hall–Kier alpha value is -1.20. The SMILES string of the molecule is CCCNC(Cc1nccn1C)c1cc(F)ccc1Br. The van der Waals surface area contributed by atoms with Crippen molar-refractivity contribution >= 4 is 15.9 Å². The van der Waals surface area contributed by atoms with Gasteiger partial charge in [-0.05, 0) is 36.7 Å². The van der Waals surface area contributed by atoms with Gasteiger partial charge in [-0.15, -0.1) is 0 Å². The molecule has 108 valence electrons. The normalized spacial score (nSPS) is 12.6. The molecule has 0 saturated heterocycles. The van der Waals surface area contributed by atoms with Gasteiger partial charge >= 0.3 is 0 Å². The molecule has 0 spiro atoms. The molecule has 1 atom stereocenters. The van der Waals surface area contributed by atoms with Gasteiger partial charge in [0, 0.05) is 36.4 Å². The van der Waals surface area contributed by atoms with Crippen LogP contribution in [0.2, 0.25) is 0 Å². The van der Waals surface area contributed by atoms with Gasteiger partial charge in [-0.2, -0.15) is 0 Å². The third kappa shape index (κ3) is 3.67. The molecule has 20 heavy (non-hydrogen) atoms. The lowest BCUT2D eigenvalue weighted by Gasteiger charge is -2.20. The average molecular weight is 340 g/mol. The lowest BCUT2D eigenvalue weighted by Crippen LogP contribution is -2.25. The van der Waals surface area contributed by atoms with Crippen LogP contribution in [0.4, 0.5) is 4.39 Å². The van der Waals surface area contributed by atoms with Crippen molar-refractivity contribution in [3.8, 4) is 0 Å². The van der Waals surface area contributed by atoms with E-state index in [1.807, 2.05) is 17.8 Å². The molecule has 1 aromatic heterocycles. The van der Waals surface area contributed by atoms with Crippen molar-refractivity contribution < 1.29 is 4.39 Å². The van der Waals surface area contributed by atoms with E-state index in [0.717, 1.165) is 35.2 Å². The van der Waals surface area contributed by atoms with E-state index in [0.29, 0.717) is 0 Å². The zero-order valence-electron chi connectivity index (χ0n) is 11.7. The molecule has 1 heterocycles. The Bertz CT molecular complexity index is 568. The van der Waals surface area contributed by atoms with Crippen molar-refractivity contribution in [2.24, 2.45) is 7.05 Å². The Labute approximate surface area is 127 Å². The number of aromatic nitrogens is 2. The Kier molecular flexibility index (Phi) is 5.31. The van der Waals surface area contributed by atoms with Gasteiger partial charge in [0.1, 0.15) is 11.6 Å². The smallest absolute Gasteiger partial charge is 0.123 e. The van der Waals surface area contributed by atoms with E-state index in [9.17, 15) is 4.39 Å². The minimum absolute atomic E-state index is 0.0427. The van der Waals surface area contributed by atoms with Gasteiger partial charge < -0.3 is 9.88 Å². The van der Waals surface area contributed by atoms with E-state index in [-0.39, 0.29) is 11.9 Å². The second kappa shape index (κ2) is 6.99. The minimum Gasteiger partial charge on any atom is -0.338 e. The van der Waals surface area contributed by atoms with E-state index in [1.54, 1.807) is 18.3 Å². The van der Waals surface area contributed by atoms with Gasteiger partial charge in [0.25, 0.3) is 0 Å². The summed E-state index contributed by atoms with van der Waals surface area (Å²) in [4.78, 5) is 4.36. The number of hydrogen-bond donors (Lipinski definition) is 1. The number of aryl methyl sites for hydroxylation is 1. The summed E-state index contributed by atoms with van der Waals surface area (Å²) in [7, 11) is 1.97. The van der Waals surface area contributed by atoms with E-state index in [2.05, 4.69) is 33.2 Å². The summed E-state index contributed by atoms with van der Waals surface area (Å²) in [5.74, 6) is 0.765. The molecule has 1 aromatic carbocycles. The van der Waals surface area contributed by atoms with Crippen LogP contribution < -0.4 is 5.32 Å². The molecule has 0 aliphatic rings. The number of nitrogens with one attached hydrogen (secondary N) is 1. The number of halogens is 2. The van der Waals surface area contributed by atoms with Crippen LogP contribution >= 0.6 is 15.9 Å². The Morgan fingerprint density at radius 2 is 2.25 bits per heavy atom. The number of hydrogen-bond acceptors (Lipinski definition) is 2. The van der Waals surface area contributed by atoms with Crippen molar-refractivity contribution in [2.45, 2.75) is 25.8 Å². The molecule has 3 nitrogen and oxygen atoms in total. The van der Waals surface area contributed by atoms with Gasteiger partial charge in [0.2, 0.25) is 0 Å². The van der Waals surface area contributed by atoms with Gasteiger partial charge in [-0.1, -0.05) is 22.9 Å². The Balaban J connectivity index is 2.27. The maximum atomic E-state index is 13.5. The van der Waals surface area contributed by atoms with Crippen LogP contribution in [0.25, 0.3) is 0 Å². The molecule has 0 aliphatic heterocycles. The monoisotopic (exact) mass is 339 g/mol. The maximum Gasteiger partial charge on any atom is 0.123 e. The highest BCUT2D eigenvalue weighted by atomic mass is 79.9. The summed E-state index contributed by atoms with van der Waals surface area (Å²) in [5, 5.41) is 3.47. The second-order valence-electron chi connectivity index (χ2n) is 4.83. The van der Waals surface area contributed by atoms with Gasteiger partial charge in [-0.3, -0.25) is 0 Å². The largest absolute Gasteiger partial charge is 0.338 e. The third-order valence-corrected chi connectivity index (χ3v) is 4.00. The van der Waals surface area contributed by atoms with Crippen molar-refractivity contribution in [3.05, 3.63) is 52.3 Å². The van der Waals surface area contributed by atoms with Gasteiger partial charge in [0.05, 0.1) is 0 Å². The molecule has 0 saturated carbocycles. The molecule has 1 N–H and O–H groups in total. The first kappa shape index (κ1) is 15.2. The average Bonchev–Trinajstić information content (AvgIpc) is 2.83. The van der Waals surface area contributed by atoms with Crippen LogP contribution in [0.5, 0.6) is 0 Å². The third-order valence-electron chi connectivity index (χ3n) is 3.28. The topological polar surface area (TPSA) is 29.9 Å². The zero-order chi connectivity index (χ0) is 14.5. The molecule has 0 fully saturated rings. The van der Waals surface area contributed by atoms with E-state index in [4.69, 9.17) is 0 Å². The predicted molar refractivity (Wildman–Crippen MR) is 82.0 cm³/mol. The van der Waals surface area contributed by atoms with Crippen LogP contribution in [0.3, 0.4) is 0 Å². The first-order valence-corrected chi connectivity index (χ1v) is 7.55. The Morgan fingerprint density at radius 1 is 1.45 bits per heavy atom. The highest BCUT2D eigenvalue weighted by Crippen LogP contribution is 2.26. The van der Waals surface area contributed by atoms with E-state index < -0.39 is 0 Å². The number of benzene rings is 1. The van der Waals surface area contributed by atoms with Crippen LogP contribution in [0.15, 0.2) is 35.1 Å². The molecule has 0 aliphatic carbocycles. The number of rotatable bonds is 6.